The first-order valence-electron chi connectivity index (χ1n) is 4.94. The highest BCUT2D eigenvalue weighted by atomic mass is 16.3. The Morgan fingerprint density at radius 2 is 2.13 bits per heavy atom. The first-order valence-corrected chi connectivity index (χ1v) is 4.94. The molecule has 0 bridgehead atoms. The van der Waals surface area contributed by atoms with Crippen LogP contribution in [-0.2, 0) is 7.05 Å². The van der Waals surface area contributed by atoms with Gasteiger partial charge in [0.2, 0.25) is 0 Å². The molecule has 80 valence electrons. The van der Waals surface area contributed by atoms with Crippen molar-refractivity contribution in [3.05, 3.63) is 30.0 Å². The fraction of sp³-hybridized carbons (Fsp3) is 0.364. The Morgan fingerprint density at radius 1 is 1.40 bits per heavy atom. The number of benzene rings is 1. The van der Waals surface area contributed by atoms with Crippen LogP contribution in [0.2, 0.25) is 0 Å². The summed E-state index contributed by atoms with van der Waals surface area (Å²) in [5.41, 5.74) is 1.63. The molecule has 4 heteroatoms. The minimum Gasteiger partial charge on any atom is -0.396 e. The highest BCUT2D eigenvalue weighted by Crippen LogP contribution is 2.24. The van der Waals surface area contributed by atoms with Crippen LogP contribution in [0.4, 0.5) is 0 Å². The number of aryl methyl sites for hydroxylation is 1. The van der Waals surface area contributed by atoms with Crippen LogP contribution in [0.1, 0.15) is 18.2 Å². The number of rotatable bonds is 3. The molecule has 1 aromatic heterocycles. The van der Waals surface area contributed by atoms with E-state index in [-0.39, 0.29) is 6.61 Å². The van der Waals surface area contributed by atoms with Crippen LogP contribution < -0.4 is 0 Å². The van der Waals surface area contributed by atoms with Gasteiger partial charge in [-0.3, -0.25) is 4.68 Å². The van der Waals surface area contributed by atoms with Crippen molar-refractivity contribution >= 4 is 10.9 Å². The van der Waals surface area contributed by atoms with Gasteiger partial charge in [0.25, 0.3) is 0 Å². The van der Waals surface area contributed by atoms with Crippen molar-refractivity contribution in [3.63, 3.8) is 0 Å². The summed E-state index contributed by atoms with van der Waals surface area (Å²) in [5.74, 6) is 0. The van der Waals surface area contributed by atoms with Gasteiger partial charge >= 0.3 is 0 Å². The van der Waals surface area contributed by atoms with Crippen molar-refractivity contribution in [3.8, 4) is 0 Å². The second kappa shape index (κ2) is 4.00. The Kier molecular flexibility index (Phi) is 2.70. The van der Waals surface area contributed by atoms with E-state index in [2.05, 4.69) is 5.10 Å². The third-order valence-electron chi connectivity index (χ3n) is 2.50. The molecule has 4 nitrogen and oxygen atoms in total. The second-order valence-electron chi connectivity index (χ2n) is 3.55. The zero-order valence-corrected chi connectivity index (χ0v) is 8.59. The van der Waals surface area contributed by atoms with E-state index in [1.54, 1.807) is 4.68 Å². The van der Waals surface area contributed by atoms with Crippen LogP contribution in [0.25, 0.3) is 10.9 Å². The van der Waals surface area contributed by atoms with E-state index in [0.29, 0.717) is 12.1 Å². The number of hydrogen-bond acceptors (Lipinski definition) is 3. The number of hydrogen-bond donors (Lipinski definition) is 2. The number of para-hydroxylation sites is 1. The third-order valence-corrected chi connectivity index (χ3v) is 2.50. The topological polar surface area (TPSA) is 58.3 Å². The summed E-state index contributed by atoms with van der Waals surface area (Å²) in [7, 11) is 1.84. The molecular formula is C11H14N2O2. The molecular weight excluding hydrogens is 192 g/mol. The Hall–Kier alpha value is -1.39. The lowest BCUT2D eigenvalue weighted by atomic mass is 10.1. The molecule has 1 heterocycles. The molecule has 0 fully saturated rings. The zero-order chi connectivity index (χ0) is 10.8. The molecule has 1 atom stereocenters. The molecule has 0 aliphatic carbocycles. The quantitative estimate of drug-likeness (QED) is 0.787. The summed E-state index contributed by atoms with van der Waals surface area (Å²) < 4.78 is 1.74. The highest BCUT2D eigenvalue weighted by Gasteiger charge is 2.15. The average molecular weight is 206 g/mol. The minimum absolute atomic E-state index is 0.0356. The van der Waals surface area contributed by atoms with Gasteiger partial charge in [-0.25, -0.2) is 0 Å². The lowest BCUT2D eigenvalue weighted by molar-refractivity contribution is 0.131. The van der Waals surface area contributed by atoms with Gasteiger partial charge in [-0.1, -0.05) is 18.2 Å². The van der Waals surface area contributed by atoms with Gasteiger partial charge in [-0.2, -0.15) is 5.10 Å². The lowest BCUT2D eigenvalue weighted by Crippen LogP contribution is -2.02. The molecule has 0 spiro atoms. The molecule has 0 aliphatic rings. The summed E-state index contributed by atoms with van der Waals surface area (Å²) in [6.45, 7) is -0.0356. The fourth-order valence-corrected chi connectivity index (χ4v) is 1.75. The van der Waals surface area contributed by atoms with Gasteiger partial charge in [-0.05, 0) is 6.07 Å². The molecule has 2 aromatic rings. The van der Waals surface area contributed by atoms with Crippen LogP contribution in [0.3, 0.4) is 0 Å². The maximum absolute atomic E-state index is 9.80. The second-order valence-corrected chi connectivity index (χ2v) is 3.55. The van der Waals surface area contributed by atoms with E-state index in [1.807, 2.05) is 31.3 Å². The molecule has 1 unspecified atom stereocenters. The summed E-state index contributed by atoms with van der Waals surface area (Å²) in [6.07, 6.45) is -0.373. The number of aliphatic hydroxyl groups is 2. The average Bonchev–Trinajstić information content (AvgIpc) is 2.58. The van der Waals surface area contributed by atoms with Gasteiger partial charge in [0, 0.05) is 25.5 Å². The molecule has 0 radical (unpaired) electrons. The molecule has 0 saturated heterocycles. The first-order chi connectivity index (χ1) is 7.24. The van der Waals surface area contributed by atoms with Crippen LogP contribution >= 0.6 is 0 Å². The molecule has 0 aliphatic heterocycles. The summed E-state index contributed by atoms with van der Waals surface area (Å²) >= 11 is 0. The zero-order valence-electron chi connectivity index (χ0n) is 8.59. The largest absolute Gasteiger partial charge is 0.396 e. The fourth-order valence-electron chi connectivity index (χ4n) is 1.75. The number of fused-ring (bicyclic) bond motifs is 1. The van der Waals surface area contributed by atoms with Gasteiger partial charge in [0.1, 0.15) is 6.10 Å². The number of aliphatic hydroxyl groups excluding tert-OH is 2. The van der Waals surface area contributed by atoms with Crippen molar-refractivity contribution in [2.75, 3.05) is 6.61 Å². The van der Waals surface area contributed by atoms with Crippen LogP contribution in [0, 0.1) is 0 Å². The van der Waals surface area contributed by atoms with Crippen molar-refractivity contribution in [1.29, 1.82) is 0 Å². The van der Waals surface area contributed by atoms with Crippen LogP contribution in [-0.4, -0.2) is 26.6 Å². The molecule has 0 amide bonds. The Bertz CT molecular complexity index is 465. The Labute approximate surface area is 87.8 Å². The predicted octanol–water partition coefficient (Wildman–Crippen LogP) is 0.989. The number of nitrogens with zero attached hydrogens (tertiary/aromatic N) is 2. The summed E-state index contributed by atoms with van der Waals surface area (Å²) in [6, 6.07) is 7.74. The van der Waals surface area contributed by atoms with Crippen molar-refractivity contribution in [2.24, 2.45) is 7.05 Å². The monoisotopic (exact) mass is 206 g/mol. The van der Waals surface area contributed by atoms with Gasteiger partial charge in [0.05, 0.1) is 11.2 Å². The van der Waals surface area contributed by atoms with Crippen molar-refractivity contribution in [1.82, 2.24) is 9.78 Å². The van der Waals surface area contributed by atoms with E-state index in [4.69, 9.17) is 5.11 Å². The highest BCUT2D eigenvalue weighted by molar-refractivity contribution is 5.82. The Morgan fingerprint density at radius 3 is 2.87 bits per heavy atom. The first kappa shape index (κ1) is 10.1. The van der Waals surface area contributed by atoms with E-state index < -0.39 is 6.10 Å². The van der Waals surface area contributed by atoms with Gasteiger partial charge in [0.15, 0.2) is 0 Å². The van der Waals surface area contributed by atoms with Gasteiger partial charge in [-0.15, -0.1) is 0 Å². The predicted molar refractivity (Wildman–Crippen MR) is 57.4 cm³/mol. The maximum Gasteiger partial charge on any atom is 0.101 e. The molecule has 0 saturated carbocycles. The minimum atomic E-state index is -0.693. The number of aromatic nitrogens is 2. The van der Waals surface area contributed by atoms with Crippen molar-refractivity contribution in [2.45, 2.75) is 12.5 Å². The van der Waals surface area contributed by atoms with E-state index >= 15 is 0 Å². The van der Waals surface area contributed by atoms with Crippen molar-refractivity contribution < 1.29 is 10.2 Å². The lowest BCUT2D eigenvalue weighted by Gasteiger charge is -2.04. The molecule has 2 N–H and O–H groups in total. The molecule has 1 aromatic carbocycles. The normalized spacial score (nSPS) is 13.3. The standard InChI is InChI=1S/C11H14N2O2/c1-13-9-5-3-2-4-8(9)11(12-13)10(15)6-7-14/h2-5,10,14-15H,6-7H2,1H3. The van der Waals surface area contributed by atoms with E-state index in [1.165, 1.54) is 0 Å². The van der Waals surface area contributed by atoms with Gasteiger partial charge < -0.3 is 10.2 Å². The Balaban J connectivity index is 2.52. The summed E-state index contributed by atoms with van der Waals surface area (Å²) in [5, 5.41) is 23.8. The van der Waals surface area contributed by atoms with Crippen LogP contribution in [0.15, 0.2) is 24.3 Å². The summed E-state index contributed by atoms with van der Waals surface area (Å²) in [4.78, 5) is 0. The third kappa shape index (κ3) is 1.73. The van der Waals surface area contributed by atoms with E-state index in [9.17, 15) is 5.11 Å². The smallest absolute Gasteiger partial charge is 0.101 e. The molecule has 2 rings (SSSR count). The SMILES string of the molecule is Cn1nc(C(O)CCO)c2ccccc21. The van der Waals surface area contributed by atoms with E-state index in [0.717, 1.165) is 10.9 Å². The molecule has 15 heavy (non-hydrogen) atoms. The van der Waals surface area contributed by atoms with Crippen LogP contribution in [0.5, 0.6) is 0 Å². The maximum atomic E-state index is 9.80.